The van der Waals surface area contributed by atoms with Crippen LogP contribution >= 0.6 is 15.9 Å². The Kier molecular flexibility index (Phi) is 5.57. The number of rotatable bonds is 4. The summed E-state index contributed by atoms with van der Waals surface area (Å²) in [5, 5.41) is 0. The van der Waals surface area contributed by atoms with Gasteiger partial charge in [-0.15, -0.1) is 0 Å². The predicted octanol–water partition coefficient (Wildman–Crippen LogP) is 7.16. The zero-order valence-corrected chi connectivity index (χ0v) is 15.2. The normalized spacial score (nSPS) is 25.5. The van der Waals surface area contributed by atoms with Gasteiger partial charge in [-0.2, -0.15) is 0 Å². The largest absolute Gasteiger partial charge is 0.0850 e. The third-order valence-electron chi connectivity index (χ3n) is 5.45. The highest BCUT2D eigenvalue weighted by Gasteiger charge is 2.25. The van der Waals surface area contributed by atoms with Gasteiger partial charge in [0.25, 0.3) is 0 Å². The quantitative estimate of drug-likeness (QED) is 0.500. The Hall–Kier alpha value is -0.820. The average molecular weight is 359 g/mol. The first kappa shape index (κ1) is 16.1. The fraction of sp³-hybridized carbons (Fsp3) is 0.524. The highest BCUT2D eigenvalue weighted by molar-refractivity contribution is 9.10. The van der Waals surface area contributed by atoms with Gasteiger partial charge in [0.1, 0.15) is 0 Å². The van der Waals surface area contributed by atoms with Crippen molar-refractivity contribution in [1.82, 2.24) is 0 Å². The Morgan fingerprint density at radius 3 is 2.18 bits per heavy atom. The second-order valence-corrected chi connectivity index (χ2v) is 7.83. The Balaban J connectivity index is 1.58. The van der Waals surface area contributed by atoms with Gasteiger partial charge in [0.15, 0.2) is 0 Å². The first-order valence-electron chi connectivity index (χ1n) is 8.89. The van der Waals surface area contributed by atoms with Crippen molar-refractivity contribution in [3.63, 3.8) is 0 Å². The molecule has 0 heterocycles. The molecule has 0 saturated heterocycles. The van der Waals surface area contributed by atoms with Crippen LogP contribution in [0.1, 0.15) is 63.9 Å². The van der Waals surface area contributed by atoms with Crippen LogP contribution in [-0.2, 0) is 0 Å². The lowest BCUT2D eigenvalue weighted by Gasteiger charge is -2.32. The molecule has 0 bridgehead atoms. The van der Waals surface area contributed by atoms with Crippen LogP contribution < -0.4 is 0 Å². The molecule has 1 aromatic carbocycles. The summed E-state index contributed by atoms with van der Waals surface area (Å²) < 4.78 is 1.17. The SMILES string of the molecule is CCCC1=CCC(C2CC=C(c3ccc(Br)cc3)CC2)CC1. The molecule has 3 rings (SSSR count). The lowest BCUT2D eigenvalue weighted by Crippen LogP contribution is -2.19. The molecule has 0 radical (unpaired) electrons. The molecule has 1 aromatic rings. The molecule has 0 spiro atoms. The molecule has 2 atom stereocenters. The van der Waals surface area contributed by atoms with E-state index < -0.39 is 0 Å². The van der Waals surface area contributed by atoms with E-state index in [1.807, 2.05) is 0 Å². The molecule has 0 saturated carbocycles. The van der Waals surface area contributed by atoms with E-state index in [4.69, 9.17) is 0 Å². The minimum Gasteiger partial charge on any atom is -0.0850 e. The van der Waals surface area contributed by atoms with Gasteiger partial charge >= 0.3 is 0 Å². The summed E-state index contributed by atoms with van der Waals surface area (Å²) in [6, 6.07) is 8.81. The van der Waals surface area contributed by atoms with Crippen molar-refractivity contribution in [2.45, 2.75) is 58.3 Å². The molecule has 0 nitrogen and oxygen atoms in total. The Morgan fingerprint density at radius 1 is 0.955 bits per heavy atom. The molecule has 2 unspecified atom stereocenters. The molecular weight excluding hydrogens is 332 g/mol. The lowest BCUT2D eigenvalue weighted by atomic mass is 9.73. The molecule has 22 heavy (non-hydrogen) atoms. The molecule has 1 heteroatoms. The fourth-order valence-corrected chi connectivity index (χ4v) is 4.36. The summed E-state index contributed by atoms with van der Waals surface area (Å²) in [6.07, 6.45) is 15.8. The van der Waals surface area contributed by atoms with E-state index in [2.05, 4.69) is 59.3 Å². The van der Waals surface area contributed by atoms with Gasteiger partial charge in [-0.1, -0.05) is 59.1 Å². The third-order valence-corrected chi connectivity index (χ3v) is 5.98. The topological polar surface area (TPSA) is 0 Å². The smallest absolute Gasteiger partial charge is 0.0175 e. The summed E-state index contributed by atoms with van der Waals surface area (Å²) in [5.74, 6) is 1.85. The average Bonchev–Trinajstić information content (AvgIpc) is 2.57. The summed E-state index contributed by atoms with van der Waals surface area (Å²) in [6.45, 7) is 2.29. The molecule has 118 valence electrons. The summed E-state index contributed by atoms with van der Waals surface area (Å²) in [5.41, 5.74) is 4.69. The van der Waals surface area contributed by atoms with E-state index in [-0.39, 0.29) is 0 Å². The molecular formula is C21H27Br. The standard InChI is InChI=1S/C21H27Br/c1-2-3-16-4-6-17(7-5-16)18-8-10-19(11-9-18)20-12-14-21(22)15-13-20/h4,10,12-15,17-18H,2-3,5-9,11H2,1H3. The van der Waals surface area contributed by atoms with E-state index >= 15 is 0 Å². The van der Waals surface area contributed by atoms with Crippen molar-refractivity contribution in [3.05, 3.63) is 52.0 Å². The third kappa shape index (κ3) is 3.93. The maximum Gasteiger partial charge on any atom is 0.0175 e. The van der Waals surface area contributed by atoms with Gasteiger partial charge < -0.3 is 0 Å². The highest BCUT2D eigenvalue weighted by atomic mass is 79.9. The van der Waals surface area contributed by atoms with E-state index in [0.29, 0.717) is 0 Å². The maximum absolute atomic E-state index is 3.52. The Bertz CT molecular complexity index is 550. The number of halogens is 1. The van der Waals surface area contributed by atoms with Crippen LogP contribution in [0.15, 0.2) is 46.5 Å². The van der Waals surface area contributed by atoms with Gasteiger partial charge in [-0.05, 0) is 80.1 Å². The van der Waals surface area contributed by atoms with Crippen LogP contribution in [0, 0.1) is 11.8 Å². The molecule has 0 aliphatic heterocycles. The van der Waals surface area contributed by atoms with E-state index in [1.54, 1.807) is 11.1 Å². The first-order chi connectivity index (χ1) is 10.8. The van der Waals surface area contributed by atoms with Crippen molar-refractivity contribution in [3.8, 4) is 0 Å². The molecule has 2 aliphatic rings. The monoisotopic (exact) mass is 358 g/mol. The van der Waals surface area contributed by atoms with Crippen LogP contribution in [0.5, 0.6) is 0 Å². The van der Waals surface area contributed by atoms with Crippen LogP contribution in [-0.4, -0.2) is 0 Å². The van der Waals surface area contributed by atoms with Gasteiger partial charge in [-0.25, -0.2) is 0 Å². The van der Waals surface area contributed by atoms with Crippen LogP contribution in [0.25, 0.3) is 5.57 Å². The van der Waals surface area contributed by atoms with E-state index in [0.717, 1.165) is 11.8 Å². The molecule has 0 amide bonds. The van der Waals surface area contributed by atoms with Gasteiger partial charge in [0, 0.05) is 4.47 Å². The summed E-state index contributed by atoms with van der Waals surface area (Å²) in [7, 11) is 0. The number of benzene rings is 1. The highest BCUT2D eigenvalue weighted by Crippen LogP contribution is 2.40. The van der Waals surface area contributed by atoms with Crippen molar-refractivity contribution >= 4 is 21.5 Å². The first-order valence-corrected chi connectivity index (χ1v) is 9.68. The van der Waals surface area contributed by atoms with Crippen molar-refractivity contribution in [1.29, 1.82) is 0 Å². The maximum atomic E-state index is 3.52. The Labute approximate surface area is 143 Å². The number of allylic oxidation sites excluding steroid dienone is 4. The second kappa shape index (κ2) is 7.64. The fourth-order valence-electron chi connectivity index (χ4n) is 4.09. The molecule has 2 aliphatic carbocycles. The van der Waals surface area contributed by atoms with Crippen LogP contribution in [0.2, 0.25) is 0 Å². The van der Waals surface area contributed by atoms with Gasteiger partial charge in [-0.3, -0.25) is 0 Å². The summed E-state index contributed by atoms with van der Waals surface area (Å²) in [4.78, 5) is 0. The van der Waals surface area contributed by atoms with Gasteiger partial charge in [0.05, 0.1) is 0 Å². The molecule has 0 N–H and O–H groups in total. The van der Waals surface area contributed by atoms with Crippen LogP contribution in [0.3, 0.4) is 0 Å². The van der Waals surface area contributed by atoms with E-state index in [9.17, 15) is 0 Å². The minimum atomic E-state index is 0.915. The van der Waals surface area contributed by atoms with E-state index in [1.165, 1.54) is 61.4 Å². The van der Waals surface area contributed by atoms with Crippen molar-refractivity contribution in [2.75, 3.05) is 0 Å². The second-order valence-electron chi connectivity index (χ2n) is 6.92. The lowest BCUT2D eigenvalue weighted by molar-refractivity contribution is 0.285. The summed E-state index contributed by atoms with van der Waals surface area (Å²) >= 11 is 3.52. The molecule has 0 aromatic heterocycles. The van der Waals surface area contributed by atoms with Crippen molar-refractivity contribution in [2.24, 2.45) is 11.8 Å². The number of hydrogen-bond donors (Lipinski definition) is 0. The zero-order valence-electron chi connectivity index (χ0n) is 13.7. The van der Waals surface area contributed by atoms with Crippen LogP contribution in [0.4, 0.5) is 0 Å². The van der Waals surface area contributed by atoms with Crippen molar-refractivity contribution < 1.29 is 0 Å². The Morgan fingerprint density at radius 2 is 1.64 bits per heavy atom. The minimum absolute atomic E-state index is 0.915. The predicted molar refractivity (Wildman–Crippen MR) is 99.8 cm³/mol. The van der Waals surface area contributed by atoms with Gasteiger partial charge in [0.2, 0.25) is 0 Å². The molecule has 0 fully saturated rings. The number of hydrogen-bond acceptors (Lipinski definition) is 0. The zero-order chi connectivity index (χ0) is 15.4.